The molecule has 0 heterocycles. The molecule has 0 rings (SSSR count). The Bertz CT molecular complexity index is 62.7. The standard InChI is InChI=1S/CH6O4Si2/c1-3-7(2)5-4-6/h1,6H3. The minimum Gasteiger partial charge on any atom is -0.498 e. The van der Waals surface area contributed by atoms with Crippen molar-refractivity contribution < 1.29 is 18.0 Å². The molecule has 0 saturated heterocycles. The summed E-state index contributed by atoms with van der Waals surface area (Å²) in [6.45, 7) is 0. The second kappa shape index (κ2) is 3.97. The zero-order valence-electron chi connectivity index (χ0n) is 4.13. The van der Waals surface area contributed by atoms with Crippen LogP contribution in [0.2, 0.25) is 0 Å². The van der Waals surface area contributed by atoms with Gasteiger partial charge in [-0.25, -0.2) is 0 Å². The van der Waals surface area contributed by atoms with Gasteiger partial charge in [-0.2, -0.15) is 0 Å². The predicted molar refractivity (Wildman–Crippen MR) is 25.6 cm³/mol. The molecule has 0 aromatic carbocycles. The molecule has 0 saturated carbocycles. The third kappa shape index (κ3) is 3.63. The van der Waals surface area contributed by atoms with Crippen LogP contribution < -0.4 is 0 Å². The van der Waals surface area contributed by atoms with Crippen LogP contribution in [0.5, 0.6) is 0 Å². The highest BCUT2D eigenvalue weighted by molar-refractivity contribution is 6.26. The van der Waals surface area contributed by atoms with Crippen molar-refractivity contribution in [1.29, 1.82) is 0 Å². The highest BCUT2D eigenvalue weighted by Gasteiger charge is 2.05. The molecule has 0 aliphatic heterocycles. The summed E-state index contributed by atoms with van der Waals surface area (Å²) in [4.78, 5) is 0. The highest BCUT2D eigenvalue weighted by atomic mass is 28.3. The van der Waals surface area contributed by atoms with E-state index in [1.807, 2.05) is 0 Å². The summed E-state index contributed by atoms with van der Waals surface area (Å²) >= 11 is 0. The van der Waals surface area contributed by atoms with Crippen LogP contribution in [0.3, 0.4) is 0 Å². The monoisotopic (exact) mass is 138 g/mol. The third-order valence-corrected chi connectivity index (χ3v) is 1.45. The summed E-state index contributed by atoms with van der Waals surface area (Å²) in [5.74, 6) is 0. The Morgan fingerprint density at radius 3 is 2.43 bits per heavy atom. The maximum atomic E-state index is 10.0. The maximum Gasteiger partial charge on any atom is 0.799 e. The molecule has 0 radical (unpaired) electrons. The molecule has 42 valence electrons. The normalized spacial score (nSPS) is 8.14. The van der Waals surface area contributed by atoms with Gasteiger partial charge >= 0.3 is 9.17 Å². The smallest absolute Gasteiger partial charge is 0.498 e. The minimum absolute atomic E-state index is 0.415. The molecule has 0 N–H and O–H groups in total. The van der Waals surface area contributed by atoms with E-state index in [1.54, 1.807) is 0 Å². The molecule has 0 atom stereocenters. The lowest BCUT2D eigenvalue weighted by atomic mass is 11.8. The Kier molecular flexibility index (Phi) is 3.85. The Labute approximate surface area is 45.8 Å². The van der Waals surface area contributed by atoms with E-state index in [2.05, 4.69) is 13.6 Å². The molecule has 0 aliphatic rings. The van der Waals surface area contributed by atoms with E-state index in [9.17, 15) is 4.46 Å². The summed E-state index contributed by atoms with van der Waals surface area (Å²) in [5.41, 5.74) is 0. The van der Waals surface area contributed by atoms with Crippen LogP contribution in [0, 0.1) is 0 Å². The van der Waals surface area contributed by atoms with Gasteiger partial charge in [0.15, 0.2) is 0 Å². The van der Waals surface area contributed by atoms with Gasteiger partial charge < -0.3 is 9.00 Å². The lowest BCUT2D eigenvalue weighted by Crippen LogP contribution is -2.08. The van der Waals surface area contributed by atoms with Crippen molar-refractivity contribution in [1.82, 2.24) is 0 Å². The Balaban J connectivity index is 3.00. The minimum atomic E-state index is -2.32. The van der Waals surface area contributed by atoms with Gasteiger partial charge in [-0.1, -0.05) is 0 Å². The zero-order valence-corrected chi connectivity index (χ0v) is 7.13. The first-order chi connectivity index (χ1) is 3.31. The summed E-state index contributed by atoms with van der Waals surface area (Å²) in [6.07, 6.45) is 0. The van der Waals surface area contributed by atoms with Crippen LogP contribution in [0.25, 0.3) is 0 Å². The van der Waals surface area contributed by atoms with E-state index in [0.29, 0.717) is 10.5 Å². The van der Waals surface area contributed by atoms with Crippen molar-refractivity contribution in [3.05, 3.63) is 0 Å². The second-order valence-electron chi connectivity index (χ2n) is 0.704. The molecular weight excluding hydrogens is 132 g/mol. The van der Waals surface area contributed by atoms with Gasteiger partial charge in [0, 0.05) is 0 Å². The molecule has 0 unspecified atom stereocenters. The van der Waals surface area contributed by atoms with Crippen molar-refractivity contribution in [3.8, 4) is 0 Å². The second-order valence-corrected chi connectivity index (χ2v) is 2.11. The molecule has 0 bridgehead atoms. The van der Waals surface area contributed by atoms with Crippen molar-refractivity contribution >= 4 is 19.7 Å². The van der Waals surface area contributed by atoms with Crippen molar-refractivity contribution in [2.45, 2.75) is 0 Å². The molecule has 0 spiro atoms. The molecule has 6 heteroatoms. The fourth-order valence-corrected chi connectivity index (χ4v) is 0.714. The van der Waals surface area contributed by atoms with Crippen LogP contribution in [-0.2, 0) is 18.0 Å². The topological polar surface area (TPSA) is 44.8 Å². The van der Waals surface area contributed by atoms with Gasteiger partial charge in [-0.05, 0) is 0 Å². The Morgan fingerprint density at radius 2 is 2.29 bits per heavy atom. The molecule has 4 nitrogen and oxygen atoms in total. The van der Waals surface area contributed by atoms with Crippen LogP contribution in [-0.4, -0.2) is 26.8 Å². The molecule has 0 fully saturated rings. The van der Waals surface area contributed by atoms with Gasteiger partial charge in [-0.3, -0.25) is 9.04 Å². The average molecular weight is 138 g/mol. The summed E-state index contributed by atoms with van der Waals surface area (Å²) < 4.78 is 22.5. The molecular formula is CH6O4Si2. The maximum absolute atomic E-state index is 10.0. The summed E-state index contributed by atoms with van der Waals surface area (Å²) in [7, 11) is -0.609. The van der Waals surface area contributed by atoms with Gasteiger partial charge in [0.1, 0.15) is 0 Å². The first-order valence-electron chi connectivity index (χ1n) is 1.60. The highest BCUT2D eigenvalue weighted by Crippen LogP contribution is 1.70. The van der Waals surface area contributed by atoms with E-state index in [4.69, 9.17) is 0 Å². The van der Waals surface area contributed by atoms with Crippen LogP contribution in [0.1, 0.15) is 0 Å². The van der Waals surface area contributed by atoms with Gasteiger partial charge in [0.2, 0.25) is 10.5 Å². The molecule has 7 heavy (non-hydrogen) atoms. The molecule has 0 aromatic rings. The van der Waals surface area contributed by atoms with Gasteiger partial charge in [0.05, 0.1) is 7.11 Å². The van der Waals surface area contributed by atoms with E-state index in [-0.39, 0.29) is 0 Å². The van der Waals surface area contributed by atoms with Gasteiger partial charge in [0.25, 0.3) is 0 Å². The van der Waals surface area contributed by atoms with E-state index < -0.39 is 9.17 Å². The third-order valence-electron chi connectivity index (χ3n) is 0.318. The van der Waals surface area contributed by atoms with E-state index in [0.717, 1.165) is 0 Å². The summed E-state index contributed by atoms with van der Waals surface area (Å²) in [5, 5.41) is 0. The van der Waals surface area contributed by atoms with Crippen molar-refractivity contribution in [2.24, 2.45) is 0 Å². The SMILES string of the molecule is CO[Si](=O)OO[SiH3]. The lowest BCUT2D eigenvalue weighted by Gasteiger charge is -1.92. The van der Waals surface area contributed by atoms with Crippen LogP contribution in [0.4, 0.5) is 0 Å². The van der Waals surface area contributed by atoms with Crippen molar-refractivity contribution in [2.75, 3.05) is 7.11 Å². The zero-order chi connectivity index (χ0) is 5.70. The van der Waals surface area contributed by atoms with E-state index in [1.165, 1.54) is 7.11 Å². The fraction of sp³-hybridized carbons (Fsp3) is 1.00. The Morgan fingerprint density at radius 1 is 1.71 bits per heavy atom. The Hall–Kier alpha value is -0.206. The average Bonchev–Trinajstić information content (AvgIpc) is 1.68. The number of hydrogen-bond acceptors (Lipinski definition) is 4. The van der Waals surface area contributed by atoms with E-state index >= 15 is 0 Å². The molecule has 0 aromatic heterocycles. The van der Waals surface area contributed by atoms with Crippen LogP contribution in [0.15, 0.2) is 0 Å². The lowest BCUT2D eigenvalue weighted by molar-refractivity contribution is -0.122. The first-order valence-corrected chi connectivity index (χ1v) is 3.64. The fourth-order valence-electron chi connectivity index (χ4n) is 0.102. The largest absolute Gasteiger partial charge is 0.799 e. The van der Waals surface area contributed by atoms with Crippen LogP contribution >= 0.6 is 0 Å². The number of hydrogen-bond donors (Lipinski definition) is 0. The number of rotatable bonds is 3. The molecule has 0 aliphatic carbocycles. The predicted octanol–water partition coefficient (Wildman–Crippen LogP) is -1.72. The van der Waals surface area contributed by atoms with Gasteiger partial charge in [-0.15, -0.1) is 0 Å². The van der Waals surface area contributed by atoms with Crippen molar-refractivity contribution in [3.63, 3.8) is 0 Å². The summed E-state index contributed by atoms with van der Waals surface area (Å²) in [6, 6.07) is 0. The molecule has 0 amide bonds. The quantitative estimate of drug-likeness (QED) is 0.264. The first kappa shape index (κ1) is 6.79.